The molecule has 0 unspecified atom stereocenters. The summed E-state index contributed by atoms with van der Waals surface area (Å²) in [5, 5.41) is 0.680. The normalized spacial score (nSPS) is 16.0. The topological polar surface area (TPSA) is 72.6 Å². The van der Waals surface area contributed by atoms with E-state index in [0.29, 0.717) is 46.9 Å². The Hall–Kier alpha value is -3.15. The van der Waals surface area contributed by atoms with Gasteiger partial charge < -0.3 is 14.1 Å². The van der Waals surface area contributed by atoms with E-state index in [0.717, 1.165) is 12.8 Å². The maximum Gasteiger partial charge on any atom is 0.339 e. The summed E-state index contributed by atoms with van der Waals surface area (Å²) in [6.45, 7) is 5.25. The van der Waals surface area contributed by atoms with Gasteiger partial charge in [0.15, 0.2) is 11.9 Å². The van der Waals surface area contributed by atoms with Gasteiger partial charge >= 0.3 is 5.97 Å². The third-order valence-corrected chi connectivity index (χ3v) is 5.44. The quantitative estimate of drug-likeness (QED) is 0.619. The van der Waals surface area contributed by atoms with Crippen LogP contribution in [0.4, 0.5) is 0 Å². The molecule has 6 nitrogen and oxygen atoms in total. The van der Waals surface area contributed by atoms with Crippen molar-refractivity contribution in [1.29, 1.82) is 0 Å². The minimum absolute atomic E-state index is 0.144. The maximum absolute atomic E-state index is 13.0. The van der Waals surface area contributed by atoms with Crippen LogP contribution in [0, 0.1) is 5.92 Å². The van der Waals surface area contributed by atoms with Crippen LogP contribution >= 0.6 is 0 Å². The van der Waals surface area contributed by atoms with Gasteiger partial charge in [-0.1, -0.05) is 25.1 Å². The number of ether oxygens (including phenoxy) is 1. The molecule has 1 aromatic carbocycles. The molecule has 29 heavy (non-hydrogen) atoms. The Morgan fingerprint density at radius 2 is 1.93 bits per heavy atom. The second-order valence-corrected chi connectivity index (χ2v) is 7.60. The van der Waals surface area contributed by atoms with Crippen LogP contribution in [0.15, 0.2) is 53.1 Å². The van der Waals surface area contributed by atoms with Gasteiger partial charge in [0, 0.05) is 18.5 Å². The van der Waals surface area contributed by atoms with Gasteiger partial charge in [0.25, 0.3) is 5.91 Å². The van der Waals surface area contributed by atoms with Crippen molar-refractivity contribution in [3.05, 3.63) is 54.3 Å². The molecule has 6 heteroatoms. The van der Waals surface area contributed by atoms with Gasteiger partial charge in [0.2, 0.25) is 0 Å². The zero-order valence-electron chi connectivity index (χ0n) is 16.6. The summed E-state index contributed by atoms with van der Waals surface area (Å²) in [4.78, 5) is 32.1. The van der Waals surface area contributed by atoms with E-state index >= 15 is 0 Å². The summed E-state index contributed by atoms with van der Waals surface area (Å²) >= 11 is 0. The Kier molecular flexibility index (Phi) is 5.34. The molecule has 0 radical (unpaired) electrons. The number of carbonyl (C=O) groups excluding carboxylic acids is 2. The zero-order valence-corrected chi connectivity index (χ0v) is 16.6. The van der Waals surface area contributed by atoms with Crippen molar-refractivity contribution >= 4 is 22.8 Å². The number of amides is 1. The Morgan fingerprint density at radius 3 is 2.66 bits per heavy atom. The molecule has 1 saturated heterocycles. The second kappa shape index (κ2) is 8.07. The molecule has 0 N–H and O–H groups in total. The van der Waals surface area contributed by atoms with Gasteiger partial charge in [-0.3, -0.25) is 4.79 Å². The summed E-state index contributed by atoms with van der Waals surface area (Å²) in [5.41, 5.74) is 1.58. The lowest BCUT2D eigenvalue weighted by atomic mass is 9.99. The molecule has 3 heterocycles. The van der Waals surface area contributed by atoms with E-state index in [1.807, 2.05) is 24.3 Å². The highest BCUT2D eigenvalue weighted by Gasteiger charge is 2.28. The number of carbonyl (C=O) groups is 2. The summed E-state index contributed by atoms with van der Waals surface area (Å²) in [6.07, 6.45) is 2.68. The van der Waals surface area contributed by atoms with Crippen molar-refractivity contribution in [3.8, 4) is 11.5 Å². The lowest BCUT2D eigenvalue weighted by Gasteiger charge is -2.31. The highest BCUT2D eigenvalue weighted by molar-refractivity contribution is 6.05. The molecule has 1 fully saturated rings. The first-order valence-corrected chi connectivity index (χ1v) is 9.96. The van der Waals surface area contributed by atoms with Crippen molar-refractivity contribution in [2.24, 2.45) is 5.92 Å². The molecule has 1 aliphatic rings. The van der Waals surface area contributed by atoms with Crippen molar-refractivity contribution in [2.45, 2.75) is 32.8 Å². The minimum atomic E-state index is -0.838. The summed E-state index contributed by atoms with van der Waals surface area (Å²) in [6, 6.07) is 12.6. The summed E-state index contributed by atoms with van der Waals surface area (Å²) < 4.78 is 11.0. The number of hydrogen-bond donors (Lipinski definition) is 0. The maximum atomic E-state index is 13.0. The molecule has 1 amide bonds. The van der Waals surface area contributed by atoms with Gasteiger partial charge in [-0.15, -0.1) is 0 Å². The van der Waals surface area contributed by atoms with Crippen LogP contribution in [-0.2, 0) is 9.53 Å². The highest BCUT2D eigenvalue weighted by atomic mass is 16.5. The number of furan rings is 1. The van der Waals surface area contributed by atoms with E-state index in [4.69, 9.17) is 9.15 Å². The number of nitrogens with zero attached hydrogens (tertiary/aromatic N) is 2. The fourth-order valence-corrected chi connectivity index (χ4v) is 3.66. The molecule has 0 saturated carbocycles. The first-order chi connectivity index (χ1) is 14.0. The van der Waals surface area contributed by atoms with E-state index in [1.165, 1.54) is 0 Å². The van der Waals surface area contributed by atoms with Crippen molar-refractivity contribution in [1.82, 2.24) is 9.88 Å². The number of fused-ring (bicyclic) bond motifs is 1. The average molecular weight is 392 g/mol. The molecule has 1 atom stereocenters. The smallest absolute Gasteiger partial charge is 0.339 e. The Morgan fingerprint density at radius 1 is 1.17 bits per heavy atom. The predicted octanol–water partition coefficient (Wildman–Crippen LogP) is 4.30. The number of rotatable bonds is 4. The van der Waals surface area contributed by atoms with E-state index in [1.54, 1.807) is 36.3 Å². The highest BCUT2D eigenvalue weighted by Crippen LogP contribution is 2.26. The third-order valence-electron chi connectivity index (χ3n) is 5.44. The van der Waals surface area contributed by atoms with Crippen LogP contribution in [-0.4, -0.2) is 41.0 Å². The zero-order chi connectivity index (χ0) is 20.4. The van der Waals surface area contributed by atoms with Crippen LogP contribution in [0.25, 0.3) is 22.4 Å². The van der Waals surface area contributed by atoms with Gasteiger partial charge in [-0.05, 0) is 49.9 Å². The average Bonchev–Trinajstić information content (AvgIpc) is 3.28. The van der Waals surface area contributed by atoms with E-state index in [9.17, 15) is 9.59 Å². The van der Waals surface area contributed by atoms with Crippen molar-refractivity contribution < 1.29 is 18.7 Å². The van der Waals surface area contributed by atoms with Gasteiger partial charge in [0.05, 0.1) is 17.3 Å². The monoisotopic (exact) mass is 392 g/mol. The predicted molar refractivity (Wildman–Crippen MR) is 109 cm³/mol. The molecule has 1 aliphatic heterocycles. The third kappa shape index (κ3) is 4.01. The number of esters is 1. The Labute approximate surface area is 169 Å². The number of likely N-dealkylation sites (tertiary alicyclic amines) is 1. The number of aromatic nitrogens is 1. The lowest BCUT2D eigenvalue weighted by molar-refractivity contribution is -0.141. The molecule has 0 bridgehead atoms. The van der Waals surface area contributed by atoms with Crippen LogP contribution in [0.1, 0.15) is 37.0 Å². The lowest BCUT2D eigenvalue weighted by Crippen LogP contribution is -2.44. The number of piperidine rings is 1. The molecule has 150 valence electrons. The van der Waals surface area contributed by atoms with Gasteiger partial charge in [-0.2, -0.15) is 0 Å². The van der Waals surface area contributed by atoms with Crippen LogP contribution in [0.5, 0.6) is 0 Å². The molecular weight excluding hydrogens is 368 g/mol. The minimum Gasteiger partial charge on any atom is -0.463 e. The van der Waals surface area contributed by atoms with Crippen LogP contribution in [0.3, 0.4) is 0 Å². The Balaban J connectivity index is 1.58. The standard InChI is InChI=1S/C23H24N2O4/c1-15-9-11-25(12-10-15)22(26)16(2)29-23(27)18-14-20(21-8-5-13-28-21)24-19-7-4-3-6-17(18)19/h3-8,13-16H,9-12H2,1-2H3/t16-/m1/s1. The van der Waals surface area contributed by atoms with E-state index < -0.39 is 12.1 Å². The number of benzene rings is 1. The van der Waals surface area contributed by atoms with Crippen molar-refractivity contribution in [2.75, 3.05) is 13.1 Å². The number of hydrogen-bond acceptors (Lipinski definition) is 5. The van der Waals surface area contributed by atoms with Crippen molar-refractivity contribution in [3.63, 3.8) is 0 Å². The molecule has 0 spiro atoms. The fraction of sp³-hybridized carbons (Fsp3) is 0.348. The Bertz CT molecular complexity index is 1020. The fourth-order valence-electron chi connectivity index (χ4n) is 3.66. The van der Waals surface area contributed by atoms with Gasteiger partial charge in [0.1, 0.15) is 5.69 Å². The molecule has 2 aromatic heterocycles. The second-order valence-electron chi connectivity index (χ2n) is 7.60. The molecule has 3 aromatic rings. The first kappa shape index (κ1) is 19.2. The van der Waals surface area contributed by atoms with E-state index in [-0.39, 0.29) is 5.91 Å². The number of para-hydroxylation sites is 1. The SMILES string of the molecule is CC1CCN(C(=O)[C@@H](C)OC(=O)c2cc(-c3ccco3)nc3ccccc23)CC1. The molecule has 0 aliphatic carbocycles. The van der Waals surface area contributed by atoms with E-state index in [2.05, 4.69) is 11.9 Å². The first-order valence-electron chi connectivity index (χ1n) is 9.96. The molecular formula is C23H24N2O4. The number of pyridine rings is 1. The summed E-state index contributed by atoms with van der Waals surface area (Å²) in [7, 11) is 0. The van der Waals surface area contributed by atoms with Crippen LogP contribution < -0.4 is 0 Å². The molecule has 4 rings (SSSR count). The largest absolute Gasteiger partial charge is 0.463 e. The summed E-state index contributed by atoms with van der Waals surface area (Å²) in [5.74, 6) is 0.508. The van der Waals surface area contributed by atoms with Crippen LogP contribution in [0.2, 0.25) is 0 Å². The van der Waals surface area contributed by atoms with Gasteiger partial charge in [-0.25, -0.2) is 9.78 Å².